The second-order valence-corrected chi connectivity index (χ2v) is 10.3. The first kappa shape index (κ1) is 25.8. The second kappa shape index (κ2) is 10.1. The molecule has 5 rings (SSSR count). The lowest BCUT2D eigenvalue weighted by Gasteiger charge is -2.41. The predicted molar refractivity (Wildman–Crippen MR) is 143 cm³/mol. The Morgan fingerprint density at radius 2 is 1.97 bits per heavy atom. The summed E-state index contributed by atoms with van der Waals surface area (Å²) in [5, 5.41) is 18.0. The molecule has 38 heavy (non-hydrogen) atoms. The second-order valence-electron chi connectivity index (χ2n) is 10.3. The van der Waals surface area contributed by atoms with Crippen LogP contribution in [0, 0.1) is 6.92 Å². The zero-order chi connectivity index (χ0) is 27.0. The van der Waals surface area contributed by atoms with Gasteiger partial charge >= 0.3 is 6.09 Å². The number of amides is 2. The van der Waals surface area contributed by atoms with Crippen molar-refractivity contribution in [3.05, 3.63) is 51.9 Å². The first-order valence-electron chi connectivity index (χ1n) is 13.1. The van der Waals surface area contributed by atoms with Gasteiger partial charge in [0, 0.05) is 43.6 Å². The van der Waals surface area contributed by atoms with E-state index < -0.39 is 11.6 Å². The molecule has 2 fully saturated rings. The van der Waals surface area contributed by atoms with Gasteiger partial charge in [-0.1, -0.05) is 6.92 Å². The van der Waals surface area contributed by atoms with Gasteiger partial charge in [-0.25, -0.2) is 4.79 Å². The summed E-state index contributed by atoms with van der Waals surface area (Å²) in [5.41, 5.74) is 2.22. The number of fused-ring (bicyclic) bond motifs is 1. The van der Waals surface area contributed by atoms with Crippen molar-refractivity contribution in [1.82, 2.24) is 24.6 Å². The topological polar surface area (TPSA) is 133 Å². The molecule has 0 bridgehead atoms. The number of H-pyrrole nitrogens is 1. The monoisotopic (exact) mass is 522 g/mol. The Hall–Kier alpha value is -3.86. The average molecular weight is 523 g/mol. The number of hydrogen-bond acceptors (Lipinski definition) is 6. The fourth-order valence-electron chi connectivity index (χ4n) is 5.65. The predicted octanol–water partition coefficient (Wildman–Crippen LogP) is 3.52. The van der Waals surface area contributed by atoms with E-state index in [1.54, 1.807) is 12.3 Å². The minimum atomic E-state index is -0.917. The van der Waals surface area contributed by atoms with Gasteiger partial charge < -0.3 is 29.9 Å². The van der Waals surface area contributed by atoms with Crippen LogP contribution in [0.4, 0.5) is 16.3 Å². The number of ether oxygens (including phenoxy) is 1. The van der Waals surface area contributed by atoms with Crippen molar-refractivity contribution in [2.24, 2.45) is 0 Å². The van der Waals surface area contributed by atoms with Gasteiger partial charge in [0.1, 0.15) is 5.39 Å². The molecular formula is C27H34N6O5. The number of aromatic nitrogens is 3. The van der Waals surface area contributed by atoms with E-state index in [1.807, 2.05) is 41.6 Å². The van der Waals surface area contributed by atoms with E-state index in [1.165, 1.54) is 4.90 Å². The number of benzene rings is 1. The normalized spacial score (nSPS) is 19.5. The van der Waals surface area contributed by atoms with Crippen LogP contribution in [0.3, 0.4) is 0 Å². The van der Waals surface area contributed by atoms with Crippen LogP contribution in [0.1, 0.15) is 49.0 Å². The summed E-state index contributed by atoms with van der Waals surface area (Å²) in [4.78, 5) is 43.5. The number of carbonyl (C=O) groups excluding carboxylic acids is 1. The molecule has 0 saturated carbocycles. The molecule has 2 aliphatic heterocycles. The van der Waals surface area contributed by atoms with E-state index in [9.17, 15) is 19.5 Å². The lowest BCUT2D eigenvalue weighted by Crippen LogP contribution is -2.47. The molecule has 3 N–H and O–H groups in total. The number of pyridine rings is 1. The third-order valence-corrected chi connectivity index (χ3v) is 7.92. The number of piperidine rings is 1. The standard InChI is InChI=1S/C27H34N6O5/c1-4-27(8-11-31(12-9-27)26(36)37)33-21-7-10-28-24(34)22(21)23(30-33)29-19-5-6-20(17(2)15-19)25(35)32-13-14-38-18(3)16-32/h5-7,10,15,18H,4,8-9,11-14,16H2,1-3H3,(H,28,34)(H,29,30)(H,36,37). The van der Waals surface area contributed by atoms with E-state index >= 15 is 0 Å². The number of hydrogen-bond donors (Lipinski definition) is 3. The van der Waals surface area contributed by atoms with Crippen LogP contribution < -0.4 is 10.9 Å². The zero-order valence-corrected chi connectivity index (χ0v) is 22.0. The Morgan fingerprint density at radius 3 is 2.63 bits per heavy atom. The van der Waals surface area contributed by atoms with E-state index in [4.69, 9.17) is 9.84 Å². The number of likely N-dealkylation sites (tertiary alicyclic amines) is 1. The summed E-state index contributed by atoms with van der Waals surface area (Å²) in [6, 6.07) is 7.36. The van der Waals surface area contributed by atoms with Gasteiger partial charge in [0.2, 0.25) is 0 Å². The fourth-order valence-corrected chi connectivity index (χ4v) is 5.65. The zero-order valence-electron chi connectivity index (χ0n) is 22.0. The number of carbonyl (C=O) groups is 2. The summed E-state index contributed by atoms with van der Waals surface area (Å²) in [5.74, 6) is 0.406. The van der Waals surface area contributed by atoms with Crippen LogP contribution in [-0.4, -0.2) is 80.6 Å². The van der Waals surface area contributed by atoms with Crippen LogP contribution in [0.5, 0.6) is 0 Å². The highest BCUT2D eigenvalue weighted by atomic mass is 16.5. The van der Waals surface area contributed by atoms with Gasteiger partial charge in [-0.3, -0.25) is 14.3 Å². The van der Waals surface area contributed by atoms with Crippen molar-refractivity contribution in [3.8, 4) is 0 Å². The van der Waals surface area contributed by atoms with Crippen LogP contribution in [0.2, 0.25) is 0 Å². The molecule has 1 atom stereocenters. The summed E-state index contributed by atoms with van der Waals surface area (Å²) in [7, 11) is 0. The van der Waals surface area contributed by atoms with Crippen molar-refractivity contribution < 1.29 is 19.4 Å². The SMILES string of the molecule is CCC1(n2nc(Nc3ccc(C(=O)N4CCOC(C)C4)c(C)c3)c3c(=O)[nH]ccc32)CCN(C(=O)O)CC1. The lowest BCUT2D eigenvalue weighted by molar-refractivity contribution is -0.0124. The third-order valence-electron chi connectivity index (χ3n) is 7.92. The maximum absolute atomic E-state index is 13.1. The summed E-state index contributed by atoms with van der Waals surface area (Å²) >= 11 is 0. The minimum absolute atomic E-state index is 0.0122. The fraction of sp³-hybridized carbons (Fsp3) is 0.481. The van der Waals surface area contributed by atoms with Crippen molar-refractivity contribution in [1.29, 1.82) is 0 Å². The highest BCUT2D eigenvalue weighted by molar-refractivity contribution is 5.97. The van der Waals surface area contributed by atoms with Crippen molar-refractivity contribution in [2.45, 2.75) is 51.7 Å². The van der Waals surface area contributed by atoms with Gasteiger partial charge in [-0.2, -0.15) is 5.10 Å². The number of nitrogens with one attached hydrogen (secondary N) is 2. The lowest BCUT2D eigenvalue weighted by atomic mass is 9.85. The maximum atomic E-state index is 13.1. The van der Waals surface area contributed by atoms with Gasteiger partial charge in [-0.15, -0.1) is 0 Å². The number of anilines is 2. The van der Waals surface area contributed by atoms with Crippen molar-refractivity contribution in [2.75, 3.05) is 38.1 Å². The highest BCUT2D eigenvalue weighted by Gasteiger charge is 2.38. The molecule has 0 spiro atoms. The van der Waals surface area contributed by atoms with Gasteiger partial charge in [-0.05, 0) is 62.9 Å². The van der Waals surface area contributed by atoms with Crippen LogP contribution in [-0.2, 0) is 10.3 Å². The Bertz CT molecular complexity index is 1420. The molecule has 0 radical (unpaired) electrons. The van der Waals surface area contributed by atoms with Crippen molar-refractivity contribution >= 4 is 34.4 Å². The highest BCUT2D eigenvalue weighted by Crippen LogP contribution is 2.37. The molecule has 202 valence electrons. The molecule has 2 saturated heterocycles. The first-order chi connectivity index (χ1) is 18.2. The Kier molecular flexibility index (Phi) is 6.87. The minimum Gasteiger partial charge on any atom is -0.465 e. The number of aryl methyl sites for hydroxylation is 1. The van der Waals surface area contributed by atoms with Gasteiger partial charge in [0.15, 0.2) is 5.82 Å². The molecule has 0 aliphatic carbocycles. The average Bonchev–Trinajstić information content (AvgIpc) is 3.28. The summed E-state index contributed by atoms with van der Waals surface area (Å²) in [6.07, 6.45) is 2.67. The van der Waals surface area contributed by atoms with Crippen LogP contribution in [0.25, 0.3) is 10.9 Å². The number of nitrogens with zero attached hydrogens (tertiary/aromatic N) is 4. The summed E-state index contributed by atoms with van der Waals surface area (Å²) < 4.78 is 7.47. The maximum Gasteiger partial charge on any atom is 0.407 e. The largest absolute Gasteiger partial charge is 0.465 e. The van der Waals surface area contributed by atoms with Crippen LogP contribution in [0.15, 0.2) is 35.3 Å². The third kappa shape index (κ3) is 4.62. The Morgan fingerprint density at radius 1 is 1.21 bits per heavy atom. The van der Waals surface area contributed by atoms with E-state index in [2.05, 4.69) is 17.2 Å². The molecular weight excluding hydrogens is 488 g/mol. The van der Waals surface area contributed by atoms with E-state index in [-0.39, 0.29) is 17.6 Å². The number of aromatic amines is 1. The molecule has 11 heteroatoms. The molecule has 2 amide bonds. The quantitative estimate of drug-likeness (QED) is 0.467. The smallest absolute Gasteiger partial charge is 0.407 e. The molecule has 2 aliphatic rings. The Labute approximate surface area is 220 Å². The van der Waals surface area contributed by atoms with Crippen molar-refractivity contribution in [3.63, 3.8) is 0 Å². The number of carboxylic acid groups (broad SMARTS) is 1. The molecule has 3 aromatic rings. The first-order valence-corrected chi connectivity index (χ1v) is 13.1. The molecule has 1 aromatic carbocycles. The van der Waals surface area contributed by atoms with Gasteiger partial charge in [0.05, 0.1) is 23.8 Å². The number of morpholine rings is 1. The molecule has 4 heterocycles. The van der Waals surface area contributed by atoms with Crippen LogP contribution >= 0.6 is 0 Å². The Balaban J connectivity index is 1.46. The van der Waals surface area contributed by atoms with E-state index in [0.717, 1.165) is 17.7 Å². The number of rotatable bonds is 5. The summed E-state index contributed by atoms with van der Waals surface area (Å²) in [6.45, 7) is 8.41. The van der Waals surface area contributed by atoms with E-state index in [0.29, 0.717) is 67.9 Å². The molecule has 11 nitrogen and oxygen atoms in total. The molecule has 1 unspecified atom stereocenters. The molecule has 2 aromatic heterocycles. The van der Waals surface area contributed by atoms with Gasteiger partial charge in [0.25, 0.3) is 11.5 Å².